The second kappa shape index (κ2) is 10.8. The largest absolute Gasteiger partial charge is 0.493 e. The molecular formula is C25H21Cl2NO4. The van der Waals surface area contributed by atoms with Gasteiger partial charge in [0.25, 0.3) is 5.91 Å². The number of hydrogen-bond acceptors (Lipinski definition) is 4. The fraction of sp³-hybridized carbons (Fsp3) is 0.120. The minimum atomic E-state index is -0.287. The number of hydrogen-bond donors (Lipinski definition) is 1. The molecule has 0 bridgehead atoms. The molecule has 5 nitrogen and oxygen atoms in total. The molecule has 0 aliphatic rings. The second-order valence-corrected chi connectivity index (χ2v) is 7.78. The average Bonchev–Trinajstić information content (AvgIpc) is 2.77. The van der Waals surface area contributed by atoms with Crippen molar-refractivity contribution in [1.29, 1.82) is 0 Å². The summed E-state index contributed by atoms with van der Waals surface area (Å²) in [5.74, 6) is 0.312. The van der Waals surface area contributed by atoms with Gasteiger partial charge in [-0.15, -0.1) is 0 Å². The van der Waals surface area contributed by atoms with Crippen LogP contribution in [0.4, 0.5) is 5.69 Å². The Bertz CT molecular complexity index is 1160. The van der Waals surface area contributed by atoms with E-state index >= 15 is 0 Å². The first-order valence-corrected chi connectivity index (χ1v) is 10.5. The number of ether oxygens (including phenoxy) is 2. The molecule has 0 aliphatic carbocycles. The summed E-state index contributed by atoms with van der Waals surface area (Å²) >= 11 is 12.0. The molecule has 164 valence electrons. The third kappa shape index (κ3) is 6.36. The molecule has 0 aromatic heterocycles. The number of allylic oxidation sites excluding steroid dienone is 1. The van der Waals surface area contributed by atoms with Crippen molar-refractivity contribution in [3.8, 4) is 11.5 Å². The lowest BCUT2D eigenvalue weighted by Gasteiger charge is -2.11. The molecule has 0 spiro atoms. The monoisotopic (exact) mass is 469 g/mol. The van der Waals surface area contributed by atoms with E-state index in [9.17, 15) is 9.59 Å². The molecule has 0 saturated heterocycles. The normalized spacial score (nSPS) is 10.8. The fourth-order valence-electron chi connectivity index (χ4n) is 2.84. The van der Waals surface area contributed by atoms with E-state index in [4.69, 9.17) is 32.7 Å². The van der Waals surface area contributed by atoms with Gasteiger partial charge < -0.3 is 14.8 Å². The summed E-state index contributed by atoms with van der Waals surface area (Å²) in [6.45, 7) is 1.80. The minimum absolute atomic E-state index is 0.174. The van der Waals surface area contributed by atoms with Crippen LogP contribution in [-0.4, -0.2) is 25.4 Å². The van der Waals surface area contributed by atoms with Gasteiger partial charge in [-0.05, 0) is 61.0 Å². The number of ketones is 1. The third-order valence-electron chi connectivity index (χ3n) is 4.51. The van der Waals surface area contributed by atoms with Crippen molar-refractivity contribution in [2.24, 2.45) is 0 Å². The van der Waals surface area contributed by atoms with Crippen LogP contribution in [-0.2, 0) is 4.79 Å². The highest BCUT2D eigenvalue weighted by Crippen LogP contribution is 2.29. The van der Waals surface area contributed by atoms with Gasteiger partial charge in [-0.25, -0.2) is 0 Å². The van der Waals surface area contributed by atoms with E-state index < -0.39 is 0 Å². The number of amides is 1. The standard InChI is InChI=1S/C25H21Cl2NO4/c1-16-3-8-19(9-4-16)28-25(30)15-32-23-12-6-17(13-24(23)31-2)5-11-22(29)20-10-7-18(26)14-21(20)27/h3-14H,15H2,1-2H3,(H,28,30)/b11-5+. The zero-order valence-electron chi connectivity index (χ0n) is 17.5. The SMILES string of the molecule is COc1cc(/C=C/C(=O)c2ccc(Cl)cc2Cl)ccc1OCC(=O)Nc1ccc(C)cc1. The van der Waals surface area contributed by atoms with Crippen LogP contribution in [0.1, 0.15) is 21.5 Å². The zero-order chi connectivity index (χ0) is 23.1. The van der Waals surface area contributed by atoms with E-state index in [-0.39, 0.29) is 23.3 Å². The summed E-state index contributed by atoms with van der Waals surface area (Å²) in [6, 6.07) is 17.3. The first-order chi connectivity index (χ1) is 15.4. The van der Waals surface area contributed by atoms with Crippen molar-refractivity contribution in [3.05, 3.63) is 93.5 Å². The molecule has 3 aromatic carbocycles. The molecule has 3 rings (SSSR count). The van der Waals surface area contributed by atoms with Crippen LogP contribution in [0.5, 0.6) is 11.5 Å². The Balaban J connectivity index is 1.63. The van der Waals surface area contributed by atoms with Gasteiger partial charge in [0, 0.05) is 16.3 Å². The molecule has 0 radical (unpaired) electrons. The lowest BCUT2D eigenvalue weighted by molar-refractivity contribution is -0.118. The molecule has 0 aliphatic heterocycles. The molecule has 32 heavy (non-hydrogen) atoms. The molecule has 7 heteroatoms. The van der Waals surface area contributed by atoms with Gasteiger partial charge in [0.15, 0.2) is 23.9 Å². The second-order valence-electron chi connectivity index (χ2n) is 6.93. The highest BCUT2D eigenvalue weighted by Gasteiger charge is 2.10. The summed E-state index contributed by atoms with van der Waals surface area (Å²) in [7, 11) is 1.50. The molecular weight excluding hydrogens is 449 g/mol. The molecule has 1 amide bonds. The molecule has 0 unspecified atom stereocenters. The molecule has 0 heterocycles. The average molecular weight is 470 g/mol. The van der Waals surface area contributed by atoms with Gasteiger partial charge in [-0.1, -0.05) is 53.0 Å². The maximum Gasteiger partial charge on any atom is 0.262 e. The van der Waals surface area contributed by atoms with Crippen LogP contribution in [0.25, 0.3) is 6.08 Å². The molecule has 3 aromatic rings. The van der Waals surface area contributed by atoms with E-state index in [0.717, 1.165) is 11.1 Å². The first-order valence-electron chi connectivity index (χ1n) is 9.70. The number of anilines is 1. The van der Waals surface area contributed by atoms with Gasteiger partial charge >= 0.3 is 0 Å². The Kier molecular flexibility index (Phi) is 7.92. The number of rotatable bonds is 8. The predicted octanol–water partition coefficient (Wildman–Crippen LogP) is 6.22. The number of carbonyl (C=O) groups excluding carboxylic acids is 2. The number of benzene rings is 3. The van der Waals surface area contributed by atoms with Gasteiger partial charge in [0.2, 0.25) is 0 Å². The number of halogens is 2. The highest BCUT2D eigenvalue weighted by atomic mass is 35.5. The maximum atomic E-state index is 12.4. The minimum Gasteiger partial charge on any atom is -0.493 e. The van der Waals surface area contributed by atoms with Crippen LogP contribution < -0.4 is 14.8 Å². The summed E-state index contributed by atoms with van der Waals surface area (Å²) < 4.78 is 11.0. The first kappa shape index (κ1) is 23.4. The van der Waals surface area contributed by atoms with Crippen LogP contribution in [0.3, 0.4) is 0 Å². The van der Waals surface area contributed by atoms with Crippen molar-refractivity contribution >= 4 is 46.7 Å². The summed E-state index contributed by atoms with van der Waals surface area (Å²) in [5, 5.41) is 3.52. The Hall–Kier alpha value is -3.28. The van der Waals surface area contributed by atoms with E-state index in [1.165, 1.54) is 19.3 Å². The lowest BCUT2D eigenvalue weighted by Crippen LogP contribution is -2.20. The zero-order valence-corrected chi connectivity index (χ0v) is 19.0. The molecule has 1 N–H and O–H groups in total. The number of carbonyl (C=O) groups is 2. The van der Waals surface area contributed by atoms with Crippen LogP contribution in [0, 0.1) is 6.92 Å². The fourth-order valence-corrected chi connectivity index (χ4v) is 3.34. The van der Waals surface area contributed by atoms with Crippen LogP contribution >= 0.6 is 23.2 Å². The lowest BCUT2D eigenvalue weighted by atomic mass is 10.1. The Morgan fingerprint density at radius 1 is 0.969 bits per heavy atom. The summed E-state index contributed by atoms with van der Waals surface area (Å²) in [5.41, 5.74) is 2.88. The number of nitrogens with one attached hydrogen (secondary N) is 1. The van der Waals surface area contributed by atoms with Crippen molar-refractivity contribution in [2.75, 3.05) is 19.0 Å². The van der Waals surface area contributed by atoms with Crippen molar-refractivity contribution < 1.29 is 19.1 Å². The van der Waals surface area contributed by atoms with Gasteiger partial charge in [-0.3, -0.25) is 9.59 Å². The van der Waals surface area contributed by atoms with E-state index in [1.54, 1.807) is 36.4 Å². The predicted molar refractivity (Wildman–Crippen MR) is 128 cm³/mol. The summed E-state index contributed by atoms with van der Waals surface area (Å²) in [6.07, 6.45) is 3.06. The van der Waals surface area contributed by atoms with Crippen molar-refractivity contribution in [2.45, 2.75) is 6.92 Å². The smallest absolute Gasteiger partial charge is 0.262 e. The maximum absolute atomic E-state index is 12.4. The molecule has 0 atom stereocenters. The van der Waals surface area contributed by atoms with Gasteiger partial charge in [-0.2, -0.15) is 0 Å². The van der Waals surface area contributed by atoms with Gasteiger partial charge in [0.1, 0.15) is 0 Å². The van der Waals surface area contributed by atoms with E-state index in [0.29, 0.717) is 27.8 Å². The highest BCUT2D eigenvalue weighted by molar-refractivity contribution is 6.37. The van der Waals surface area contributed by atoms with Crippen molar-refractivity contribution in [1.82, 2.24) is 0 Å². The van der Waals surface area contributed by atoms with E-state index in [1.807, 2.05) is 31.2 Å². The molecule has 0 saturated carbocycles. The quantitative estimate of drug-likeness (QED) is 0.314. The topological polar surface area (TPSA) is 64.6 Å². The van der Waals surface area contributed by atoms with Crippen molar-refractivity contribution in [3.63, 3.8) is 0 Å². The number of methoxy groups -OCH3 is 1. The van der Waals surface area contributed by atoms with Crippen LogP contribution in [0.15, 0.2) is 66.7 Å². The van der Waals surface area contributed by atoms with E-state index in [2.05, 4.69) is 5.32 Å². The Morgan fingerprint density at radius 2 is 1.72 bits per heavy atom. The Morgan fingerprint density at radius 3 is 2.41 bits per heavy atom. The number of aryl methyl sites for hydroxylation is 1. The summed E-state index contributed by atoms with van der Waals surface area (Å²) in [4.78, 5) is 24.6. The third-order valence-corrected chi connectivity index (χ3v) is 5.05. The Labute approximate surface area is 196 Å². The molecule has 0 fully saturated rings. The van der Waals surface area contributed by atoms with Crippen LogP contribution in [0.2, 0.25) is 10.0 Å². The van der Waals surface area contributed by atoms with Gasteiger partial charge in [0.05, 0.1) is 12.1 Å².